The maximum Gasteiger partial charge on any atom is 0.459 e. The lowest BCUT2D eigenvalue weighted by Gasteiger charge is -2.28. The number of fused-ring (bicyclic) bond motifs is 2. The van der Waals surface area contributed by atoms with E-state index < -0.39 is 50.3 Å². The van der Waals surface area contributed by atoms with Gasteiger partial charge in [-0.25, -0.2) is 9.55 Å². The zero-order valence-electron chi connectivity index (χ0n) is 26.2. The quantitative estimate of drug-likeness (QED) is 0.0555. The molecule has 2 aromatic heterocycles. The molecule has 1 aliphatic rings. The Morgan fingerprint density at radius 1 is 1.28 bits per heavy atom. The zero-order valence-corrected chi connectivity index (χ0v) is 27.1. The number of carbonyl (C=O) groups is 1. The van der Waals surface area contributed by atoms with Crippen molar-refractivity contribution in [1.29, 1.82) is 0 Å². The van der Waals surface area contributed by atoms with Crippen LogP contribution >= 0.6 is 7.75 Å². The van der Waals surface area contributed by atoms with Crippen LogP contribution in [-0.2, 0) is 23.4 Å². The van der Waals surface area contributed by atoms with Gasteiger partial charge in [-0.1, -0.05) is 48.4 Å². The SMILES string of the molecule is CCCOC(=O)[C@H](C)NP(=O)(OC[C@H]1O[C@@H](n2cnc3c(OCC)nc(N)nc32)[C@](C)(N=[N+]=[N-])[C@@H]1O)Oc1cccc2ccccc12. The van der Waals surface area contributed by atoms with Crippen LogP contribution in [0.5, 0.6) is 11.6 Å². The van der Waals surface area contributed by atoms with Gasteiger partial charge in [0.1, 0.15) is 23.4 Å². The molecule has 47 heavy (non-hydrogen) atoms. The molecule has 17 nitrogen and oxygen atoms in total. The molecule has 0 radical (unpaired) electrons. The normalized spacial score (nSPS) is 22.8. The van der Waals surface area contributed by atoms with Crippen LogP contribution in [0.1, 0.15) is 40.3 Å². The number of ether oxygens (including phenoxy) is 3. The molecule has 0 aliphatic carbocycles. The minimum absolute atomic E-state index is 0.101. The predicted molar refractivity (Wildman–Crippen MR) is 170 cm³/mol. The van der Waals surface area contributed by atoms with Gasteiger partial charge in [0, 0.05) is 10.3 Å². The van der Waals surface area contributed by atoms with Gasteiger partial charge in [0.2, 0.25) is 11.8 Å². The summed E-state index contributed by atoms with van der Waals surface area (Å²) in [6.45, 7) is 6.51. The molecule has 3 heterocycles. The van der Waals surface area contributed by atoms with Gasteiger partial charge in [-0.15, -0.1) is 0 Å². The fraction of sp³-hybridized carbons (Fsp3) is 0.448. The number of anilines is 1. The molecule has 0 spiro atoms. The summed E-state index contributed by atoms with van der Waals surface area (Å²) < 4.78 is 44.6. The van der Waals surface area contributed by atoms with Gasteiger partial charge < -0.3 is 29.6 Å². The van der Waals surface area contributed by atoms with E-state index in [0.29, 0.717) is 11.8 Å². The number of benzene rings is 2. The number of aliphatic hydroxyl groups is 1. The van der Waals surface area contributed by atoms with Crippen LogP contribution < -0.4 is 20.1 Å². The first kappa shape index (κ1) is 33.9. The first-order chi connectivity index (χ1) is 22.5. The number of hydrogen-bond acceptors (Lipinski definition) is 13. The second-order valence-electron chi connectivity index (χ2n) is 10.9. The number of nitrogens with one attached hydrogen (secondary N) is 1. The maximum atomic E-state index is 14.3. The maximum absolute atomic E-state index is 14.3. The molecule has 1 fully saturated rings. The van der Waals surface area contributed by atoms with Crippen molar-refractivity contribution in [3.63, 3.8) is 0 Å². The molecule has 18 heteroatoms. The van der Waals surface area contributed by atoms with Crippen molar-refractivity contribution in [3.8, 4) is 11.6 Å². The number of aromatic nitrogens is 4. The average Bonchev–Trinajstić information content (AvgIpc) is 3.57. The van der Waals surface area contributed by atoms with Gasteiger partial charge in [0.05, 0.1) is 32.3 Å². The van der Waals surface area contributed by atoms with Crippen LogP contribution in [0.25, 0.3) is 32.4 Å². The minimum Gasteiger partial charge on any atom is -0.476 e. The summed E-state index contributed by atoms with van der Waals surface area (Å²) >= 11 is 0. The molecule has 0 saturated carbocycles. The molecule has 5 rings (SSSR count). The van der Waals surface area contributed by atoms with E-state index >= 15 is 0 Å². The molecule has 4 N–H and O–H groups in total. The summed E-state index contributed by atoms with van der Waals surface area (Å²) in [5.74, 6) is -0.396. The Balaban J connectivity index is 1.45. The number of nitrogens with zero attached hydrogens (tertiary/aromatic N) is 7. The summed E-state index contributed by atoms with van der Waals surface area (Å²) in [6.07, 6.45) is -1.91. The molecule has 1 aliphatic heterocycles. The molecule has 4 aromatic rings. The summed E-state index contributed by atoms with van der Waals surface area (Å²) in [7, 11) is -4.38. The van der Waals surface area contributed by atoms with Gasteiger partial charge in [0.15, 0.2) is 17.4 Å². The Morgan fingerprint density at radius 2 is 2.04 bits per heavy atom. The highest BCUT2D eigenvalue weighted by Crippen LogP contribution is 2.49. The van der Waals surface area contributed by atoms with Crippen molar-refractivity contribution in [2.75, 3.05) is 25.6 Å². The van der Waals surface area contributed by atoms with Crippen molar-refractivity contribution in [2.45, 2.75) is 64.1 Å². The van der Waals surface area contributed by atoms with E-state index in [-0.39, 0.29) is 42.0 Å². The second-order valence-corrected chi connectivity index (χ2v) is 12.6. The minimum atomic E-state index is -4.38. The van der Waals surface area contributed by atoms with Crippen molar-refractivity contribution in [2.24, 2.45) is 5.11 Å². The Bertz CT molecular complexity index is 1850. The van der Waals surface area contributed by atoms with Crippen molar-refractivity contribution in [3.05, 3.63) is 59.2 Å². The number of nitrogens with two attached hydrogens (primary N) is 1. The van der Waals surface area contributed by atoms with Crippen LogP contribution in [0, 0.1) is 0 Å². The number of aliphatic hydroxyl groups excluding tert-OH is 1. The van der Waals surface area contributed by atoms with Crippen LogP contribution in [0.4, 0.5) is 5.95 Å². The van der Waals surface area contributed by atoms with E-state index in [1.54, 1.807) is 31.2 Å². The third-order valence-corrected chi connectivity index (χ3v) is 9.12. The largest absolute Gasteiger partial charge is 0.476 e. The van der Waals surface area contributed by atoms with E-state index in [2.05, 4.69) is 30.1 Å². The molecule has 1 saturated heterocycles. The van der Waals surface area contributed by atoms with Gasteiger partial charge >= 0.3 is 13.7 Å². The van der Waals surface area contributed by atoms with Crippen molar-refractivity contribution < 1.29 is 37.7 Å². The van der Waals surface area contributed by atoms with E-state index in [1.807, 2.05) is 25.1 Å². The predicted octanol–water partition coefficient (Wildman–Crippen LogP) is 4.42. The van der Waals surface area contributed by atoms with Crippen LogP contribution in [0.3, 0.4) is 0 Å². The lowest BCUT2D eigenvalue weighted by Crippen LogP contribution is -2.43. The number of nitrogen functional groups attached to an aromatic ring is 1. The molecule has 250 valence electrons. The highest BCUT2D eigenvalue weighted by atomic mass is 31.2. The van der Waals surface area contributed by atoms with E-state index in [1.165, 1.54) is 24.7 Å². The Morgan fingerprint density at radius 3 is 2.79 bits per heavy atom. The number of azide groups is 1. The van der Waals surface area contributed by atoms with Crippen molar-refractivity contribution >= 4 is 41.6 Å². The Labute approximate surface area is 269 Å². The highest BCUT2D eigenvalue weighted by molar-refractivity contribution is 7.52. The number of esters is 1. The molecule has 6 atom stereocenters. The highest BCUT2D eigenvalue weighted by Gasteiger charge is 2.55. The zero-order chi connectivity index (χ0) is 33.8. The third kappa shape index (κ3) is 6.95. The van der Waals surface area contributed by atoms with Crippen LogP contribution in [0.15, 0.2) is 53.9 Å². The standard InChI is InChI=1S/C29H36N9O8P/c1-5-14-43-26(40)17(3)35-47(41,46-20-13-9-11-18-10-7-8-12-19(18)20)44-15-21-23(39)29(4,36-37-31)27(45-21)38-16-32-22-24(38)33-28(30)34-25(22)42-6-2/h7-13,16-17,21,23,27,39H,5-6,14-15H2,1-4H3,(H,35,41)(H2,30,33,34)/t17-,21+,23+,27+,29+,47?/m0/s1. The van der Waals surface area contributed by atoms with E-state index in [4.69, 9.17) is 29.0 Å². The average molecular weight is 670 g/mol. The summed E-state index contributed by atoms with van der Waals surface area (Å²) in [6, 6.07) is 11.4. The first-order valence-electron chi connectivity index (χ1n) is 14.9. The fourth-order valence-corrected chi connectivity index (χ4v) is 6.70. The van der Waals surface area contributed by atoms with Gasteiger partial charge in [-0.2, -0.15) is 15.1 Å². The number of hydrogen-bond donors (Lipinski definition) is 3. The Kier molecular flexibility index (Phi) is 10.2. The fourth-order valence-electron chi connectivity index (χ4n) is 5.18. The van der Waals surface area contributed by atoms with Gasteiger partial charge in [-0.05, 0) is 44.2 Å². The Hall–Kier alpha value is -4.50. The van der Waals surface area contributed by atoms with Gasteiger partial charge in [-0.3, -0.25) is 13.9 Å². The molecule has 2 aromatic carbocycles. The molecule has 1 unspecified atom stereocenters. The number of carbonyl (C=O) groups excluding carboxylic acids is 1. The summed E-state index contributed by atoms with van der Waals surface area (Å²) in [4.78, 5) is 28.3. The molecular formula is C29H36N9O8P. The molecule has 0 bridgehead atoms. The number of rotatable bonds is 14. The third-order valence-electron chi connectivity index (χ3n) is 7.49. The monoisotopic (exact) mass is 669 g/mol. The smallest absolute Gasteiger partial charge is 0.459 e. The van der Waals surface area contributed by atoms with Crippen LogP contribution in [0.2, 0.25) is 0 Å². The molecular weight excluding hydrogens is 633 g/mol. The molecule has 0 amide bonds. The second kappa shape index (κ2) is 14.1. The lowest BCUT2D eigenvalue weighted by atomic mass is 9.93. The van der Waals surface area contributed by atoms with Crippen LogP contribution in [-0.4, -0.2) is 74.2 Å². The number of imidazole rings is 1. The first-order valence-corrected chi connectivity index (χ1v) is 16.5. The van der Waals surface area contributed by atoms with E-state index in [0.717, 1.165) is 5.39 Å². The lowest BCUT2D eigenvalue weighted by molar-refractivity contribution is -0.145. The summed E-state index contributed by atoms with van der Waals surface area (Å²) in [5.41, 5.74) is 14.2. The van der Waals surface area contributed by atoms with E-state index in [9.17, 15) is 20.0 Å². The summed E-state index contributed by atoms with van der Waals surface area (Å²) in [5, 5.41) is 19.4. The topological polar surface area (TPSA) is 231 Å². The van der Waals surface area contributed by atoms with Crippen molar-refractivity contribution in [1.82, 2.24) is 24.6 Å². The van der Waals surface area contributed by atoms with Gasteiger partial charge in [0.25, 0.3) is 0 Å².